The standard InChI is InChI=1S/C14H20ClN3O/c15-12-3-1-4-13-14(12)19-9-11(18-13)7-10-8-16-5-2-6-17-10/h1,3-4,10-11,16-18H,2,5-9H2. The van der Waals surface area contributed by atoms with Crippen molar-refractivity contribution in [2.75, 3.05) is 31.6 Å². The SMILES string of the molecule is Clc1cccc2c1OCC(CC1CNCCCN1)N2. The lowest BCUT2D eigenvalue weighted by Gasteiger charge is -2.30. The monoisotopic (exact) mass is 281 g/mol. The van der Waals surface area contributed by atoms with Crippen LogP contribution < -0.4 is 20.7 Å². The molecule has 104 valence electrons. The molecule has 2 unspecified atom stereocenters. The molecule has 0 saturated carbocycles. The van der Waals surface area contributed by atoms with E-state index >= 15 is 0 Å². The van der Waals surface area contributed by atoms with Crippen LogP contribution in [-0.2, 0) is 0 Å². The van der Waals surface area contributed by atoms with Crippen molar-refractivity contribution in [3.63, 3.8) is 0 Å². The predicted octanol–water partition coefficient (Wildman–Crippen LogP) is 1.85. The lowest BCUT2D eigenvalue weighted by molar-refractivity contribution is 0.267. The van der Waals surface area contributed by atoms with E-state index in [2.05, 4.69) is 16.0 Å². The molecule has 1 aromatic rings. The maximum atomic E-state index is 6.12. The maximum absolute atomic E-state index is 6.12. The second-order valence-corrected chi connectivity index (χ2v) is 5.62. The number of nitrogens with one attached hydrogen (secondary N) is 3. The average Bonchev–Trinajstić information content (AvgIpc) is 2.68. The van der Waals surface area contributed by atoms with E-state index in [0.717, 1.165) is 37.5 Å². The lowest BCUT2D eigenvalue weighted by atomic mass is 10.1. The second kappa shape index (κ2) is 5.99. The zero-order valence-electron chi connectivity index (χ0n) is 10.9. The van der Waals surface area contributed by atoms with Gasteiger partial charge >= 0.3 is 0 Å². The van der Waals surface area contributed by atoms with E-state index in [0.29, 0.717) is 23.7 Å². The quantitative estimate of drug-likeness (QED) is 0.774. The molecule has 2 aliphatic heterocycles. The molecule has 0 aromatic heterocycles. The van der Waals surface area contributed by atoms with Crippen LogP contribution in [0.25, 0.3) is 0 Å². The molecule has 3 rings (SSSR count). The third-order valence-electron chi connectivity index (χ3n) is 3.68. The molecule has 4 nitrogen and oxygen atoms in total. The summed E-state index contributed by atoms with van der Waals surface area (Å²) in [5.74, 6) is 0.785. The van der Waals surface area contributed by atoms with Crippen LogP contribution in [0.3, 0.4) is 0 Å². The summed E-state index contributed by atoms with van der Waals surface area (Å²) < 4.78 is 5.80. The number of fused-ring (bicyclic) bond motifs is 1. The fourth-order valence-corrected chi connectivity index (χ4v) is 2.95. The summed E-state index contributed by atoms with van der Waals surface area (Å²) in [6, 6.07) is 6.67. The Balaban J connectivity index is 1.62. The van der Waals surface area contributed by atoms with E-state index in [1.165, 1.54) is 6.42 Å². The van der Waals surface area contributed by atoms with Gasteiger partial charge in [-0.05, 0) is 38.1 Å². The molecule has 19 heavy (non-hydrogen) atoms. The minimum absolute atomic E-state index is 0.336. The molecule has 3 N–H and O–H groups in total. The molecule has 5 heteroatoms. The van der Waals surface area contributed by atoms with Gasteiger partial charge in [-0.1, -0.05) is 17.7 Å². The summed E-state index contributed by atoms with van der Waals surface area (Å²) in [4.78, 5) is 0. The topological polar surface area (TPSA) is 45.3 Å². The van der Waals surface area contributed by atoms with Crippen LogP contribution in [0.1, 0.15) is 12.8 Å². The summed E-state index contributed by atoms with van der Waals surface area (Å²) >= 11 is 6.12. The number of hydrogen-bond acceptors (Lipinski definition) is 4. The van der Waals surface area contributed by atoms with Crippen LogP contribution in [0.2, 0.25) is 5.02 Å². The Kier molecular flexibility index (Phi) is 4.11. The number of para-hydroxylation sites is 1. The van der Waals surface area contributed by atoms with Crippen LogP contribution in [0.15, 0.2) is 18.2 Å². The van der Waals surface area contributed by atoms with Crippen LogP contribution in [0.4, 0.5) is 5.69 Å². The number of rotatable bonds is 2. The van der Waals surface area contributed by atoms with Crippen molar-refractivity contribution >= 4 is 17.3 Å². The summed E-state index contributed by atoms with van der Waals surface area (Å²) in [7, 11) is 0. The highest BCUT2D eigenvalue weighted by atomic mass is 35.5. The van der Waals surface area contributed by atoms with Crippen molar-refractivity contribution in [1.82, 2.24) is 10.6 Å². The van der Waals surface area contributed by atoms with Gasteiger partial charge < -0.3 is 20.7 Å². The van der Waals surface area contributed by atoms with E-state index in [1.807, 2.05) is 18.2 Å². The van der Waals surface area contributed by atoms with Crippen molar-refractivity contribution in [3.8, 4) is 5.75 Å². The van der Waals surface area contributed by atoms with Gasteiger partial charge in [0, 0.05) is 12.6 Å². The second-order valence-electron chi connectivity index (χ2n) is 5.21. The Morgan fingerprint density at radius 2 is 2.21 bits per heavy atom. The highest BCUT2D eigenvalue weighted by Crippen LogP contribution is 2.36. The molecule has 0 bridgehead atoms. The molecule has 0 amide bonds. The highest BCUT2D eigenvalue weighted by Gasteiger charge is 2.24. The minimum Gasteiger partial charge on any atom is -0.488 e. The smallest absolute Gasteiger partial charge is 0.161 e. The van der Waals surface area contributed by atoms with Crippen LogP contribution in [0.5, 0.6) is 5.75 Å². The molecular formula is C14H20ClN3O. The van der Waals surface area contributed by atoms with E-state index in [1.54, 1.807) is 0 Å². The predicted molar refractivity (Wildman–Crippen MR) is 78.3 cm³/mol. The van der Waals surface area contributed by atoms with Crippen molar-refractivity contribution in [2.24, 2.45) is 0 Å². The molecule has 1 saturated heterocycles. The zero-order chi connectivity index (χ0) is 13.1. The molecule has 1 fully saturated rings. The van der Waals surface area contributed by atoms with Crippen molar-refractivity contribution in [2.45, 2.75) is 24.9 Å². The Morgan fingerprint density at radius 1 is 1.26 bits per heavy atom. The van der Waals surface area contributed by atoms with Crippen molar-refractivity contribution < 1.29 is 4.74 Å². The first kappa shape index (κ1) is 13.0. The first-order valence-corrected chi connectivity index (χ1v) is 7.32. The number of ether oxygens (including phenoxy) is 1. The van der Waals surface area contributed by atoms with Gasteiger partial charge in [0.05, 0.1) is 16.8 Å². The van der Waals surface area contributed by atoms with Gasteiger partial charge in [0.25, 0.3) is 0 Å². The number of benzene rings is 1. The number of hydrogen-bond donors (Lipinski definition) is 3. The summed E-state index contributed by atoms with van der Waals surface area (Å²) in [5, 5.41) is 11.2. The Labute approximate surface area is 118 Å². The average molecular weight is 282 g/mol. The third kappa shape index (κ3) is 3.14. The minimum atomic E-state index is 0.336. The van der Waals surface area contributed by atoms with Crippen molar-refractivity contribution in [3.05, 3.63) is 23.2 Å². The molecule has 0 aliphatic carbocycles. The molecule has 2 atom stereocenters. The fraction of sp³-hybridized carbons (Fsp3) is 0.571. The number of anilines is 1. The summed E-state index contributed by atoms with van der Waals surface area (Å²) in [5.41, 5.74) is 1.00. The molecule has 1 aromatic carbocycles. The zero-order valence-corrected chi connectivity index (χ0v) is 11.7. The normalized spacial score (nSPS) is 26.8. The summed E-state index contributed by atoms with van der Waals surface area (Å²) in [6.07, 6.45) is 2.25. The molecule has 0 spiro atoms. The van der Waals surface area contributed by atoms with E-state index in [-0.39, 0.29) is 0 Å². The van der Waals surface area contributed by atoms with E-state index in [4.69, 9.17) is 16.3 Å². The molecule has 2 heterocycles. The summed E-state index contributed by atoms with van der Waals surface area (Å²) in [6.45, 7) is 3.90. The van der Waals surface area contributed by atoms with Crippen LogP contribution in [-0.4, -0.2) is 38.3 Å². The van der Waals surface area contributed by atoms with Crippen LogP contribution in [0, 0.1) is 0 Å². The van der Waals surface area contributed by atoms with Crippen molar-refractivity contribution in [1.29, 1.82) is 0 Å². The van der Waals surface area contributed by atoms with E-state index in [9.17, 15) is 0 Å². The maximum Gasteiger partial charge on any atom is 0.161 e. The molecular weight excluding hydrogens is 262 g/mol. The molecule has 2 aliphatic rings. The third-order valence-corrected chi connectivity index (χ3v) is 3.98. The van der Waals surface area contributed by atoms with Gasteiger partial charge in [0.2, 0.25) is 0 Å². The van der Waals surface area contributed by atoms with Gasteiger partial charge in [-0.2, -0.15) is 0 Å². The van der Waals surface area contributed by atoms with Gasteiger partial charge in [-0.25, -0.2) is 0 Å². The van der Waals surface area contributed by atoms with Gasteiger partial charge in [-0.3, -0.25) is 0 Å². The largest absolute Gasteiger partial charge is 0.488 e. The van der Waals surface area contributed by atoms with Gasteiger partial charge in [-0.15, -0.1) is 0 Å². The fourth-order valence-electron chi connectivity index (χ4n) is 2.72. The van der Waals surface area contributed by atoms with E-state index < -0.39 is 0 Å². The highest BCUT2D eigenvalue weighted by molar-refractivity contribution is 6.32. The first-order chi connectivity index (χ1) is 9.33. The van der Waals surface area contributed by atoms with Crippen LogP contribution >= 0.6 is 11.6 Å². The number of halogens is 1. The molecule has 0 radical (unpaired) electrons. The Morgan fingerprint density at radius 3 is 3.16 bits per heavy atom. The Hall–Kier alpha value is -0.970. The van der Waals surface area contributed by atoms with Gasteiger partial charge in [0.1, 0.15) is 6.61 Å². The van der Waals surface area contributed by atoms with Gasteiger partial charge in [0.15, 0.2) is 5.75 Å². The lowest BCUT2D eigenvalue weighted by Crippen LogP contribution is -2.43. The first-order valence-electron chi connectivity index (χ1n) is 6.95. The Bertz CT molecular complexity index is 433.